The van der Waals surface area contributed by atoms with Gasteiger partial charge in [0.05, 0.1) is 4.90 Å². The summed E-state index contributed by atoms with van der Waals surface area (Å²) in [4.78, 5) is 0.329. The number of sulfonamides is 1. The van der Waals surface area contributed by atoms with Gasteiger partial charge in [-0.2, -0.15) is 0 Å². The third-order valence-electron chi connectivity index (χ3n) is 2.77. The molecule has 1 aromatic carbocycles. The van der Waals surface area contributed by atoms with Crippen LogP contribution in [0.15, 0.2) is 29.2 Å². The van der Waals surface area contributed by atoms with Gasteiger partial charge in [-0.3, -0.25) is 0 Å². The van der Waals surface area contributed by atoms with E-state index in [0.717, 1.165) is 12.0 Å². The fraction of sp³-hybridized carbons (Fsp3) is 0.571. The fourth-order valence-electron chi connectivity index (χ4n) is 2.11. The molecule has 0 saturated carbocycles. The Bertz CT molecular complexity index is 498. The summed E-state index contributed by atoms with van der Waals surface area (Å²) in [5.74, 6) is 0.466. The van der Waals surface area contributed by atoms with Crippen LogP contribution in [0.25, 0.3) is 0 Å². The topological polar surface area (TPSA) is 58.2 Å². The molecule has 108 valence electrons. The fourth-order valence-corrected chi connectivity index (χ4v) is 3.44. The summed E-state index contributed by atoms with van der Waals surface area (Å²) in [6.45, 7) is 6.72. The van der Waals surface area contributed by atoms with E-state index < -0.39 is 10.0 Å². The molecule has 4 nitrogen and oxygen atoms in total. The highest BCUT2D eigenvalue weighted by Gasteiger charge is 2.18. The zero-order valence-corrected chi connectivity index (χ0v) is 12.9. The van der Waals surface area contributed by atoms with Gasteiger partial charge in [-0.05, 0) is 44.0 Å². The molecular weight excluding hydrogens is 260 g/mol. The predicted molar refractivity (Wildman–Crippen MR) is 78.4 cm³/mol. The van der Waals surface area contributed by atoms with Gasteiger partial charge in [-0.25, -0.2) is 13.1 Å². The van der Waals surface area contributed by atoms with Gasteiger partial charge in [0, 0.05) is 12.6 Å². The van der Waals surface area contributed by atoms with Crippen LogP contribution < -0.4 is 10.0 Å². The van der Waals surface area contributed by atoms with Crippen LogP contribution in [-0.4, -0.2) is 21.5 Å². The number of rotatable bonds is 7. The molecule has 0 aliphatic heterocycles. The molecule has 0 aliphatic carbocycles. The van der Waals surface area contributed by atoms with Crippen molar-refractivity contribution in [3.05, 3.63) is 29.8 Å². The maximum atomic E-state index is 12.2. The molecule has 0 fully saturated rings. The molecule has 0 aliphatic rings. The molecule has 0 heterocycles. The summed E-state index contributed by atoms with van der Waals surface area (Å²) in [6.07, 6.45) is 0.829. The minimum Gasteiger partial charge on any atom is -0.316 e. The van der Waals surface area contributed by atoms with E-state index in [1.807, 2.05) is 20.0 Å². The van der Waals surface area contributed by atoms with Crippen LogP contribution in [0.4, 0.5) is 0 Å². The summed E-state index contributed by atoms with van der Waals surface area (Å²) in [5.41, 5.74) is 0.960. The number of hydrogen-bond donors (Lipinski definition) is 2. The molecular formula is C14H24N2O2S. The van der Waals surface area contributed by atoms with Crippen molar-refractivity contribution in [2.24, 2.45) is 5.92 Å². The molecule has 0 bridgehead atoms. The lowest BCUT2D eigenvalue weighted by Crippen LogP contribution is -2.33. The molecule has 2 N–H and O–H groups in total. The van der Waals surface area contributed by atoms with Crippen molar-refractivity contribution >= 4 is 10.0 Å². The average Bonchev–Trinajstić information content (AvgIpc) is 2.27. The van der Waals surface area contributed by atoms with Crippen LogP contribution in [0.3, 0.4) is 0 Å². The van der Waals surface area contributed by atoms with Crippen LogP contribution in [0.2, 0.25) is 0 Å². The van der Waals surface area contributed by atoms with E-state index in [1.165, 1.54) is 0 Å². The first-order valence-corrected chi connectivity index (χ1v) is 8.09. The van der Waals surface area contributed by atoms with Gasteiger partial charge in [0.2, 0.25) is 10.0 Å². The molecule has 0 saturated heterocycles. The molecule has 0 radical (unpaired) electrons. The number of nitrogens with one attached hydrogen (secondary N) is 2. The van der Waals surface area contributed by atoms with Crippen LogP contribution in [-0.2, 0) is 16.6 Å². The minimum atomic E-state index is -3.42. The van der Waals surface area contributed by atoms with Crippen molar-refractivity contribution in [2.45, 2.75) is 44.7 Å². The SMILES string of the molecule is CNCc1cccc(S(=O)(=O)NC(C)CC(C)C)c1. The first-order valence-electron chi connectivity index (χ1n) is 6.61. The van der Waals surface area contributed by atoms with Gasteiger partial charge in [-0.1, -0.05) is 26.0 Å². The van der Waals surface area contributed by atoms with Gasteiger partial charge in [0.15, 0.2) is 0 Å². The Morgan fingerprint density at radius 2 is 1.89 bits per heavy atom. The van der Waals surface area contributed by atoms with E-state index in [4.69, 9.17) is 0 Å². The molecule has 19 heavy (non-hydrogen) atoms. The van der Waals surface area contributed by atoms with Crippen LogP contribution in [0.5, 0.6) is 0 Å². The van der Waals surface area contributed by atoms with Crippen LogP contribution in [0.1, 0.15) is 32.8 Å². The second-order valence-electron chi connectivity index (χ2n) is 5.33. The normalized spacial score (nSPS) is 13.7. The summed E-state index contributed by atoms with van der Waals surface area (Å²) in [6, 6.07) is 6.96. The van der Waals surface area contributed by atoms with Crippen molar-refractivity contribution in [3.63, 3.8) is 0 Å². The molecule has 1 unspecified atom stereocenters. The number of hydrogen-bond acceptors (Lipinski definition) is 3. The Kier molecular flexibility index (Phi) is 5.97. The predicted octanol–water partition coefficient (Wildman–Crippen LogP) is 2.12. The highest BCUT2D eigenvalue weighted by atomic mass is 32.2. The van der Waals surface area contributed by atoms with E-state index in [9.17, 15) is 8.42 Å². The zero-order valence-electron chi connectivity index (χ0n) is 12.1. The van der Waals surface area contributed by atoms with Crippen molar-refractivity contribution in [3.8, 4) is 0 Å². The maximum absolute atomic E-state index is 12.2. The summed E-state index contributed by atoms with van der Waals surface area (Å²) >= 11 is 0. The number of benzene rings is 1. The molecule has 0 amide bonds. The van der Waals surface area contributed by atoms with E-state index in [1.54, 1.807) is 18.2 Å². The van der Waals surface area contributed by atoms with Gasteiger partial charge in [-0.15, -0.1) is 0 Å². The third kappa shape index (κ3) is 5.30. The lowest BCUT2D eigenvalue weighted by atomic mass is 10.1. The molecule has 1 aromatic rings. The lowest BCUT2D eigenvalue weighted by molar-refractivity contribution is 0.482. The largest absolute Gasteiger partial charge is 0.316 e. The van der Waals surface area contributed by atoms with Crippen LogP contribution >= 0.6 is 0 Å². The lowest BCUT2D eigenvalue weighted by Gasteiger charge is -2.16. The quantitative estimate of drug-likeness (QED) is 0.806. The van der Waals surface area contributed by atoms with E-state index >= 15 is 0 Å². The van der Waals surface area contributed by atoms with E-state index in [2.05, 4.69) is 23.9 Å². The standard InChI is InChI=1S/C14H24N2O2S/c1-11(2)8-12(3)16-19(17,18)14-7-5-6-13(9-14)10-15-4/h5-7,9,11-12,15-16H,8,10H2,1-4H3. The summed E-state index contributed by atoms with van der Waals surface area (Å²) in [7, 11) is -1.59. The third-order valence-corrected chi connectivity index (χ3v) is 4.36. The summed E-state index contributed by atoms with van der Waals surface area (Å²) < 4.78 is 27.2. The van der Waals surface area contributed by atoms with E-state index in [-0.39, 0.29) is 6.04 Å². The highest BCUT2D eigenvalue weighted by molar-refractivity contribution is 7.89. The molecule has 1 atom stereocenters. The molecule has 0 spiro atoms. The first kappa shape index (κ1) is 16.1. The van der Waals surface area contributed by atoms with Crippen molar-refractivity contribution in [1.82, 2.24) is 10.0 Å². The smallest absolute Gasteiger partial charge is 0.240 e. The molecule has 5 heteroatoms. The Labute approximate surface area is 116 Å². The maximum Gasteiger partial charge on any atom is 0.240 e. The second-order valence-corrected chi connectivity index (χ2v) is 7.04. The van der Waals surface area contributed by atoms with Crippen molar-refractivity contribution in [1.29, 1.82) is 0 Å². The highest BCUT2D eigenvalue weighted by Crippen LogP contribution is 2.13. The minimum absolute atomic E-state index is 0.0574. The van der Waals surface area contributed by atoms with Gasteiger partial charge in [0.1, 0.15) is 0 Å². The monoisotopic (exact) mass is 284 g/mol. The van der Waals surface area contributed by atoms with Gasteiger partial charge in [0.25, 0.3) is 0 Å². The Morgan fingerprint density at radius 1 is 1.21 bits per heavy atom. The molecule has 1 rings (SSSR count). The van der Waals surface area contributed by atoms with Gasteiger partial charge < -0.3 is 5.32 Å². The Balaban J connectivity index is 2.84. The Hall–Kier alpha value is -0.910. The van der Waals surface area contributed by atoms with E-state index in [0.29, 0.717) is 17.4 Å². The summed E-state index contributed by atoms with van der Waals surface area (Å²) in [5, 5.41) is 3.01. The molecule has 0 aromatic heterocycles. The van der Waals surface area contributed by atoms with Crippen LogP contribution in [0, 0.1) is 5.92 Å². The van der Waals surface area contributed by atoms with Crippen molar-refractivity contribution in [2.75, 3.05) is 7.05 Å². The van der Waals surface area contributed by atoms with Crippen molar-refractivity contribution < 1.29 is 8.42 Å². The second kappa shape index (κ2) is 7.03. The first-order chi connectivity index (χ1) is 8.85. The Morgan fingerprint density at radius 3 is 2.47 bits per heavy atom. The van der Waals surface area contributed by atoms with Gasteiger partial charge >= 0.3 is 0 Å². The average molecular weight is 284 g/mol. The zero-order chi connectivity index (χ0) is 14.5.